The van der Waals surface area contributed by atoms with E-state index >= 15 is 0 Å². The first-order valence-corrected chi connectivity index (χ1v) is 6.67. The van der Waals surface area contributed by atoms with E-state index in [4.69, 9.17) is 5.11 Å². The lowest BCUT2D eigenvalue weighted by Crippen LogP contribution is -2.52. The molecule has 0 bridgehead atoms. The number of aliphatic hydroxyl groups is 1. The van der Waals surface area contributed by atoms with Gasteiger partial charge in [-0.25, -0.2) is 0 Å². The van der Waals surface area contributed by atoms with Gasteiger partial charge in [-0.2, -0.15) is 0 Å². The molecule has 1 aliphatic heterocycles. The average molecular weight is 228 g/mol. The van der Waals surface area contributed by atoms with Gasteiger partial charge in [0, 0.05) is 25.2 Å². The predicted molar refractivity (Wildman–Crippen MR) is 68.5 cm³/mol. The number of nitrogens with one attached hydrogen (secondary N) is 1. The molecular formula is C13H28N2O. The van der Waals surface area contributed by atoms with Gasteiger partial charge in [-0.3, -0.25) is 0 Å². The Morgan fingerprint density at radius 2 is 2.12 bits per heavy atom. The molecule has 1 rings (SSSR count). The monoisotopic (exact) mass is 228 g/mol. The van der Waals surface area contributed by atoms with E-state index in [0.29, 0.717) is 23.9 Å². The van der Waals surface area contributed by atoms with E-state index in [-0.39, 0.29) is 6.61 Å². The first-order chi connectivity index (χ1) is 7.58. The highest BCUT2D eigenvalue weighted by molar-refractivity contribution is 4.85. The lowest BCUT2D eigenvalue weighted by atomic mass is 9.92. The third-order valence-electron chi connectivity index (χ3n) is 4.06. The third-order valence-corrected chi connectivity index (χ3v) is 4.06. The van der Waals surface area contributed by atoms with Crippen molar-refractivity contribution in [2.75, 3.05) is 26.2 Å². The highest BCUT2D eigenvalue weighted by Gasteiger charge is 2.26. The highest BCUT2D eigenvalue weighted by Crippen LogP contribution is 2.18. The second-order valence-electron chi connectivity index (χ2n) is 5.38. The molecule has 0 aromatic heterocycles. The first-order valence-electron chi connectivity index (χ1n) is 6.67. The quantitative estimate of drug-likeness (QED) is 0.745. The average Bonchev–Trinajstić information content (AvgIpc) is 2.30. The number of rotatable bonds is 5. The van der Waals surface area contributed by atoms with E-state index in [2.05, 4.69) is 37.9 Å². The molecule has 0 amide bonds. The number of piperidine rings is 1. The number of aliphatic hydroxyl groups excluding tert-OH is 1. The Morgan fingerprint density at radius 1 is 1.44 bits per heavy atom. The Labute approximate surface area is 100 Å². The van der Waals surface area contributed by atoms with Crippen LogP contribution in [0.15, 0.2) is 0 Å². The molecule has 0 aromatic rings. The van der Waals surface area contributed by atoms with Crippen molar-refractivity contribution in [1.29, 1.82) is 0 Å². The van der Waals surface area contributed by atoms with Crippen LogP contribution in [0.3, 0.4) is 0 Å². The molecule has 0 spiro atoms. The maximum atomic E-state index is 9.13. The minimum Gasteiger partial charge on any atom is -0.396 e. The van der Waals surface area contributed by atoms with Gasteiger partial charge in [-0.1, -0.05) is 20.8 Å². The topological polar surface area (TPSA) is 35.5 Å². The fourth-order valence-corrected chi connectivity index (χ4v) is 2.43. The Morgan fingerprint density at radius 3 is 2.62 bits per heavy atom. The van der Waals surface area contributed by atoms with Crippen molar-refractivity contribution in [3.05, 3.63) is 0 Å². The zero-order valence-corrected chi connectivity index (χ0v) is 11.2. The second-order valence-corrected chi connectivity index (χ2v) is 5.38. The maximum absolute atomic E-state index is 9.13. The summed E-state index contributed by atoms with van der Waals surface area (Å²) in [5, 5.41) is 12.8. The molecular weight excluding hydrogens is 200 g/mol. The molecule has 3 nitrogen and oxygen atoms in total. The van der Waals surface area contributed by atoms with Crippen molar-refractivity contribution in [1.82, 2.24) is 10.2 Å². The van der Waals surface area contributed by atoms with Crippen LogP contribution < -0.4 is 5.32 Å². The minimum absolute atomic E-state index is 0.274. The molecule has 2 N–H and O–H groups in total. The first kappa shape index (κ1) is 13.9. The SMILES string of the molecule is CCN1CCC(NC(C)C(C)CO)C(C)C1. The van der Waals surface area contributed by atoms with Crippen molar-refractivity contribution in [3.63, 3.8) is 0 Å². The third kappa shape index (κ3) is 3.72. The molecule has 3 heteroatoms. The molecule has 16 heavy (non-hydrogen) atoms. The fourth-order valence-electron chi connectivity index (χ4n) is 2.43. The molecule has 1 saturated heterocycles. The molecule has 96 valence electrons. The Balaban J connectivity index is 2.38. The molecule has 0 aliphatic carbocycles. The largest absolute Gasteiger partial charge is 0.396 e. The van der Waals surface area contributed by atoms with Gasteiger partial charge in [0.15, 0.2) is 0 Å². The molecule has 0 saturated carbocycles. The summed E-state index contributed by atoms with van der Waals surface area (Å²) in [4.78, 5) is 2.52. The van der Waals surface area contributed by atoms with Crippen LogP contribution in [0.25, 0.3) is 0 Å². The molecule has 1 fully saturated rings. The van der Waals surface area contributed by atoms with Gasteiger partial charge in [0.25, 0.3) is 0 Å². The summed E-state index contributed by atoms with van der Waals surface area (Å²) in [5.74, 6) is 1.05. The zero-order chi connectivity index (χ0) is 12.1. The van der Waals surface area contributed by atoms with Gasteiger partial charge in [0.05, 0.1) is 0 Å². The lowest BCUT2D eigenvalue weighted by Gasteiger charge is -2.39. The van der Waals surface area contributed by atoms with Crippen molar-refractivity contribution in [2.24, 2.45) is 11.8 Å². The Kier molecular flexibility index (Phi) is 5.73. The van der Waals surface area contributed by atoms with E-state index in [0.717, 1.165) is 0 Å². The van der Waals surface area contributed by atoms with Crippen molar-refractivity contribution < 1.29 is 5.11 Å². The van der Waals surface area contributed by atoms with Crippen molar-refractivity contribution >= 4 is 0 Å². The predicted octanol–water partition coefficient (Wildman–Crippen LogP) is 1.32. The van der Waals surface area contributed by atoms with Gasteiger partial charge in [0.1, 0.15) is 0 Å². The molecule has 0 aromatic carbocycles. The summed E-state index contributed by atoms with van der Waals surface area (Å²) in [6, 6.07) is 1.03. The fraction of sp³-hybridized carbons (Fsp3) is 1.00. The Bertz CT molecular complexity index is 198. The van der Waals surface area contributed by atoms with Crippen LogP contribution in [0.2, 0.25) is 0 Å². The number of likely N-dealkylation sites (tertiary alicyclic amines) is 1. The number of nitrogens with zero attached hydrogens (tertiary/aromatic N) is 1. The second kappa shape index (κ2) is 6.58. The van der Waals surface area contributed by atoms with Crippen LogP contribution in [0.4, 0.5) is 0 Å². The summed E-state index contributed by atoms with van der Waals surface area (Å²) in [6.45, 7) is 12.7. The van der Waals surface area contributed by atoms with Crippen molar-refractivity contribution in [2.45, 2.75) is 46.2 Å². The normalized spacial score (nSPS) is 31.3. The summed E-state index contributed by atoms with van der Waals surface area (Å²) in [7, 11) is 0. The van der Waals surface area contributed by atoms with Gasteiger partial charge >= 0.3 is 0 Å². The zero-order valence-electron chi connectivity index (χ0n) is 11.2. The van der Waals surface area contributed by atoms with E-state index in [1.54, 1.807) is 0 Å². The minimum atomic E-state index is 0.274. The number of hydrogen-bond donors (Lipinski definition) is 2. The molecule has 4 unspecified atom stereocenters. The molecule has 0 radical (unpaired) electrons. The van der Waals surface area contributed by atoms with Crippen LogP contribution in [0.5, 0.6) is 0 Å². The van der Waals surface area contributed by atoms with E-state index in [9.17, 15) is 0 Å². The van der Waals surface area contributed by atoms with E-state index < -0.39 is 0 Å². The standard InChI is InChI=1S/C13H28N2O/c1-5-15-7-6-13(10(2)8-15)14-12(4)11(3)9-16/h10-14,16H,5-9H2,1-4H3. The van der Waals surface area contributed by atoms with Gasteiger partial charge in [0.2, 0.25) is 0 Å². The summed E-state index contributed by atoms with van der Waals surface area (Å²) in [5.41, 5.74) is 0. The van der Waals surface area contributed by atoms with E-state index in [1.807, 2.05) is 0 Å². The van der Waals surface area contributed by atoms with Crippen LogP contribution in [0, 0.1) is 11.8 Å². The smallest absolute Gasteiger partial charge is 0.0471 e. The number of hydrogen-bond acceptors (Lipinski definition) is 3. The molecule has 1 aliphatic rings. The Hall–Kier alpha value is -0.120. The van der Waals surface area contributed by atoms with Gasteiger partial charge < -0.3 is 15.3 Å². The van der Waals surface area contributed by atoms with Crippen LogP contribution >= 0.6 is 0 Å². The van der Waals surface area contributed by atoms with Gasteiger partial charge in [-0.15, -0.1) is 0 Å². The van der Waals surface area contributed by atoms with Crippen molar-refractivity contribution in [3.8, 4) is 0 Å². The maximum Gasteiger partial charge on any atom is 0.0471 e. The van der Waals surface area contributed by atoms with Crippen LogP contribution in [0.1, 0.15) is 34.1 Å². The summed E-state index contributed by atoms with van der Waals surface area (Å²) < 4.78 is 0. The summed E-state index contributed by atoms with van der Waals surface area (Å²) in [6.07, 6.45) is 1.23. The van der Waals surface area contributed by atoms with Crippen LogP contribution in [-0.4, -0.2) is 48.3 Å². The van der Waals surface area contributed by atoms with E-state index in [1.165, 1.54) is 26.1 Å². The van der Waals surface area contributed by atoms with Crippen LogP contribution in [-0.2, 0) is 0 Å². The summed E-state index contributed by atoms with van der Waals surface area (Å²) >= 11 is 0. The lowest BCUT2D eigenvalue weighted by molar-refractivity contribution is 0.131. The highest BCUT2D eigenvalue weighted by atomic mass is 16.3. The molecule has 4 atom stereocenters. The van der Waals surface area contributed by atoms with Gasteiger partial charge in [-0.05, 0) is 38.3 Å². The molecule has 1 heterocycles.